The molecule has 0 fully saturated rings. The normalized spacial score (nSPS) is 12.3. The van der Waals surface area contributed by atoms with Crippen molar-refractivity contribution >= 4 is 5.97 Å². The van der Waals surface area contributed by atoms with Gasteiger partial charge in [0.15, 0.2) is 0 Å². The summed E-state index contributed by atoms with van der Waals surface area (Å²) in [5.41, 5.74) is 5.39. The predicted molar refractivity (Wildman–Crippen MR) is 90.1 cm³/mol. The number of esters is 1. The van der Waals surface area contributed by atoms with Gasteiger partial charge in [-0.1, -0.05) is 84.0 Å². The molecule has 0 radical (unpaired) electrons. The molecule has 0 spiro atoms. The Morgan fingerprint density at radius 1 is 0.810 bits per heavy atom. The van der Waals surface area contributed by atoms with Crippen LogP contribution in [0.25, 0.3) is 0 Å². The lowest BCUT2D eigenvalue weighted by molar-refractivity contribution is -0.148. The Kier molecular flexibility index (Phi) is 15.4. The second-order valence-corrected chi connectivity index (χ2v) is 6.19. The van der Waals surface area contributed by atoms with Gasteiger partial charge in [-0.15, -0.1) is 0 Å². The van der Waals surface area contributed by atoms with Crippen molar-refractivity contribution in [1.29, 1.82) is 0 Å². The first-order chi connectivity index (χ1) is 10.2. The molecule has 3 heteroatoms. The van der Waals surface area contributed by atoms with Crippen LogP contribution in [0.3, 0.4) is 0 Å². The van der Waals surface area contributed by atoms with E-state index in [-0.39, 0.29) is 5.97 Å². The SMILES string of the molecule is CCCCCCCCCCCCCCCC(=O)OC(C)N. The Labute approximate surface area is 132 Å². The maximum Gasteiger partial charge on any atom is 0.307 e. The second-order valence-electron chi connectivity index (χ2n) is 6.19. The lowest BCUT2D eigenvalue weighted by atomic mass is 10.0. The maximum absolute atomic E-state index is 11.3. The number of rotatable bonds is 15. The second kappa shape index (κ2) is 15.8. The third-order valence-corrected chi connectivity index (χ3v) is 3.80. The molecule has 21 heavy (non-hydrogen) atoms. The average Bonchev–Trinajstić information content (AvgIpc) is 2.43. The van der Waals surface area contributed by atoms with Gasteiger partial charge in [-0.05, 0) is 13.3 Å². The van der Waals surface area contributed by atoms with Crippen LogP contribution >= 0.6 is 0 Å². The molecule has 0 rings (SSSR count). The molecule has 3 nitrogen and oxygen atoms in total. The monoisotopic (exact) mass is 299 g/mol. The molecule has 0 aliphatic rings. The first kappa shape index (κ1) is 20.4. The smallest absolute Gasteiger partial charge is 0.307 e. The highest BCUT2D eigenvalue weighted by atomic mass is 16.5. The number of hydrogen-bond acceptors (Lipinski definition) is 3. The molecule has 126 valence electrons. The van der Waals surface area contributed by atoms with Crippen molar-refractivity contribution < 1.29 is 9.53 Å². The molecule has 2 N–H and O–H groups in total. The van der Waals surface area contributed by atoms with Gasteiger partial charge in [0, 0.05) is 6.42 Å². The number of carbonyl (C=O) groups is 1. The predicted octanol–water partition coefficient (Wildman–Crippen LogP) is 5.32. The molecular formula is C18H37NO2. The fraction of sp³-hybridized carbons (Fsp3) is 0.944. The molecule has 0 bridgehead atoms. The zero-order valence-electron chi connectivity index (χ0n) is 14.4. The van der Waals surface area contributed by atoms with Crippen molar-refractivity contribution in [2.75, 3.05) is 0 Å². The molecule has 0 aromatic rings. The van der Waals surface area contributed by atoms with Crippen molar-refractivity contribution in [2.45, 2.75) is 110 Å². The lowest BCUT2D eigenvalue weighted by Crippen LogP contribution is -2.23. The van der Waals surface area contributed by atoms with Crippen LogP contribution in [-0.4, -0.2) is 12.2 Å². The van der Waals surface area contributed by atoms with E-state index in [1.54, 1.807) is 6.92 Å². The zero-order chi connectivity index (χ0) is 15.8. The van der Waals surface area contributed by atoms with Gasteiger partial charge in [-0.3, -0.25) is 10.5 Å². The summed E-state index contributed by atoms with van der Waals surface area (Å²) in [7, 11) is 0. The summed E-state index contributed by atoms with van der Waals surface area (Å²) in [6, 6.07) is 0. The van der Waals surface area contributed by atoms with E-state index < -0.39 is 6.23 Å². The Bertz CT molecular complexity index is 229. The fourth-order valence-corrected chi connectivity index (χ4v) is 2.55. The van der Waals surface area contributed by atoms with E-state index in [1.165, 1.54) is 70.6 Å². The molecular weight excluding hydrogens is 262 g/mol. The Hall–Kier alpha value is -0.570. The van der Waals surface area contributed by atoms with Crippen molar-refractivity contribution in [3.05, 3.63) is 0 Å². The van der Waals surface area contributed by atoms with Crippen LogP contribution in [0.2, 0.25) is 0 Å². The van der Waals surface area contributed by atoms with Crippen LogP contribution in [0.4, 0.5) is 0 Å². The van der Waals surface area contributed by atoms with E-state index in [4.69, 9.17) is 10.5 Å². The largest absolute Gasteiger partial charge is 0.447 e. The average molecular weight is 299 g/mol. The van der Waals surface area contributed by atoms with Crippen LogP contribution in [0.1, 0.15) is 104 Å². The highest BCUT2D eigenvalue weighted by molar-refractivity contribution is 5.69. The topological polar surface area (TPSA) is 52.3 Å². The van der Waals surface area contributed by atoms with Gasteiger partial charge < -0.3 is 4.74 Å². The van der Waals surface area contributed by atoms with Crippen LogP contribution in [0, 0.1) is 0 Å². The Morgan fingerprint density at radius 3 is 1.57 bits per heavy atom. The molecule has 1 unspecified atom stereocenters. The van der Waals surface area contributed by atoms with Gasteiger partial charge in [-0.2, -0.15) is 0 Å². The van der Waals surface area contributed by atoms with Gasteiger partial charge in [0.05, 0.1) is 0 Å². The maximum atomic E-state index is 11.3. The minimum atomic E-state index is -0.473. The molecule has 0 saturated carbocycles. The Morgan fingerprint density at radius 2 is 1.19 bits per heavy atom. The van der Waals surface area contributed by atoms with Crippen LogP contribution in [0.5, 0.6) is 0 Å². The van der Waals surface area contributed by atoms with Crippen molar-refractivity contribution in [2.24, 2.45) is 5.73 Å². The van der Waals surface area contributed by atoms with Gasteiger partial charge >= 0.3 is 5.97 Å². The van der Waals surface area contributed by atoms with E-state index in [9.17, 15) is 4.79 Å². The standard InChI is InChI=1S/C18H37NO2/c1-3-4-5-6-7-8-9-10-11-12-13-14-15-16-18(20)21-17(2)19/h17H,3-16,19H2,1-2H3. The van der Waals surface area contributed by atoms with Crippen LogP contribution < -0.4 is 5.73 Å². The van der Waals surface area contributed by atoms with Crippen LogP contribution in [0.15, 0.2) is 0 Å². The summed E-state index contributed by atoms with van der Waals surface area (Å²) >= 11 is 0. The van der Waals surface area contributed by atoms with E-state index in [1.807, 2.05) is 0 Å². The van der Waals surface area contributed by atoms with Crippen molar-refractivity contribution in [3.8, 4) is 0 Å². The molecule has 0 amide bonds. The number of nitrogens with two attached hydrogens (primary N) is 1. The van der Waals surface area contributed by atoms with E-state index >= 15 is 0 Å². The first-order valence-corrected chi connectivity index (χ1v) is 9.12. The summed E-state index contributed by atoms with van der Waals surface area (Å²) < 4.78 is 4.90. The van der Waals surface area contributed by atoms with Gasteiger partial charge in [0.1, 0.15) is 6.23 Å². The van der Waals surface area contributed by atoms with Crippen molar-refractivity contribution in [1.82, 2.24) is 0 Å². The third kappa shape index (κ3) is 17.4. The van der Waals surface area contributed by atoms with E-state index in [2.05, 4.69) is 6.92 Å². The molecule has 0 aliphatic heterocycles. The molecule has 1 atom stereocenters. The first-order valence-electron chi connectivity index (χ1n) is 9.12. The summed E-state index contributed by atoms with van der Waals surface area (Å²) in [5, 5.41) is 0. The highest BCUT2D eigenvalue weighted by Crippen LogP contribution is 2.13. The summed E-state index contributed by atoms with van der Waals surface area (Å²) in [4.78, 5) is 11.3. The zero-order valence-corrected chi connectivity index (χ0v) is 14.4. The van der Waals surface area contributed by atoms with Gasteiger partial charge in [0.25, 0.3) is 0 Å². The van der Waals surface area contributed by atoms with E-state index in [0.29, 0.717) is 6.42 Å². The minimum Gasteiger partial charge on any atom is -0.447 e. The van der Waals surface area contributed by atoms with Gasteiger partial charge in [0.2, 0.25) is 0 Å². The highest BCUT2D eigenvalue weighted by Gasteiger charge is 2.04. The Balaban J connectivity index is 3.07. The summed E-state index contributed by atoms with van der Waals surface area (Å²) in [6.07, 6.45) is 17.2. The quantitative estimate of drug-likeness (QED) is 0.253. The molecule has 0 aliphatic carbocycles. The molecule has 0 saturated heterocycles. The summed E-state index contributed by atoms with van der Waals surface area (Å²) in [5.74, 6) is -0.159. The number of ether oxygens (including phenoxy) is 1. The third-order valence-electron chi connectivity index (χ3n) is 3.80. The molecule has 0 aromatic carbocycles. The number of hydrogen-bond donors (Lipinski definition) is 1. The molecule has 0 aromatic heterocycles. The van der Waals surface area contributed by atoms with Crippen LogP contribution in [-0.2, 0) is 9.53 Å². The van der Waals surface area contributed by atoms with Crippen molar-refractivity contribution in [3.63, 3.8) is 0 Å². The fourth-order valence-electron chi connectivity index (χ4n) is 2.55. The lowest BCUT2D eigenvalue weighted by Gasteiger charge is -2.07. The van der Waals surface area contributed by atoms with E-state index in [0.717, 1.165) is 12.8 Å². The number of unbranched alkanes of at least 4 members (excludes halogenated alkanes) is 12. The summed E-state index contributed by atoms with van der Waals surface area (Å²) in [6.45, 7) is 3.95. The molecule has 0 heterocycles. The number of carbonyl (C=O) groups excluding carboxylic acids is 1. The van der Waals surface area contributed by atoms with Gasteiger partial charge in [-0.25, -0.2) is 0 Å². The minimum absolute atomic E-state index is 0.159.